The summed E-state index contributed by atoms with van der Waals surface area (Å²) in [6.45, 7) is 7.00. The minimum Gasteiger partial charge on any atom is -0.354 e. The van der Waals surface area contributed by atoms with Gasteiger partial charge < -0.3 is 9.88 Å². The number of aromatic nitrogens is 1. The molecule has 0 unspecified atom stereocenters. The molecule has 0 radical (unpaired) electrons. The van der Waals surface area contributed by atoms with Gasteiger partial charge in [-0.25, -0.2) is 0 Å². The number of carbonyl (C=O) groups is 1. The van der Waals surface area contributed by atoms with Gasteiger partial charge in [-0.2, -0.15) is 0 Å². The Morgan fingerprint density at radius 2 is 1.93 bits per heavy atom. The summed E-state index contributed by atoms with van der Waals surface area (Å²) in [6.07, 6.45) is 0. The second-order valence-electron chi connectivity index (χ2n) is 4.15. The molecule has 3 heteroatoms. The molecule has 2 atom stereocenters. The van der Waals surface area contributed by atoms with E-state index in [9.17, 15) is 4.79 Å². The molecule has 2 rings (SSSR count). The SMILES string of the molecule is Cc1ccc(C)n1[C@@H]1C(=O)NC[C@H]1C. The Balaban J connectivity index is 2.43. The van der Waals surface area contributed by atoms with Crippen molar-refractivity contribution in [3.05, 3.63) is 23.5 Å². The lowest BCUT2D eigenvalue weighted by atomic mass is 10.1. The van der Waals surface area contributed by atoms with E-state index in [0.717, 1.165) is 17.9 Å². The van der Waals surface area contributed by atoms with E-state index < -0.39 is 0 Å². The molecular weight excluding hydrogens is 176 g/mol. The van der Waals surface area contributed by atoms with E-state index >= 15 is 0 Å². The van der Waals surface area contributed by atoms with Gasteiger partial charge in [0.15, 0.2) is 0 Å². The van der Waals surface area contributed by atoms with Crippen LogP contribution in [0.2, 0.25) is 0 Å². The predicted molar refractivity (Wildman–Crippen MR) is 55.1 cm³/mol. The van der Waals surface area contributed by atoms with Gasteiger partial charge in [0, 0.05) is 23.9 Å². The van der Waals surface area contributed by atoms with Crippen LogP contribution in [0, 0.1) is 19.8 Å². The normalized spacial score (nSPS) is 26.6. The van der Waals surface area contributed by atoms with Gasteiger partial charge in [0.05, 0.1) is 0 Å². The summed E-state index contributed by atoms with van der Waals surface area (Å²) in [7, 11) is 0. The van der Waals surface area contributed by atoms with Crippen molar-refractivity contribution in [3.63, 3.8) is 0 Å². The van der Waals surface area contributed by atoms with E-state index in [1.165, 1.54) is 0 Å². The van der Waals surface area contributed by atoms with Crippen LogP contribution in [0.15, 0.2) is 12.1 Å². The summed E-state index contributed by atoms with van der Waals surface area (Å²) >= 11 is 0. The molecule has 14 heavy (non-hydrogen) atoms. The zero-order chi connectivity index (χ0) is 10.3. The highest BCUT2D eigenvalue weighted by molar-refractivity contribution is 5.83. The summed E-state index contributed by atoms with van der Waals surface area (Å²) in [5, 5.41) is 2.90. The molecule has 1 amide bonds. The second kappa shape index (κ2) is 3.15. The third kappa shape index (κ3) is 1.24. The Morgan fingerprint density at radius 3 is 2.36 bits per heavy atom. The molecule has 1 fully saturated rings. The van der Waals surface area contributed by atoms with Crippen LogP contribution < -0.4 is 5.32 Å². The molecule has 0 bridgehead atoms. The van der Waals surface area contributed by atoms with Crippen molar-refractivity contribution in [2.24, 2.45) is 5.92 Å². The Morgan fingerprint density at radius 1 is 1.36 bits per heavy atom. The summed E-state index contributed by atoms with van der Waals surface area (Å²) in [6, 6.07) is 4.12. The van der Waals surface area contributed by atoms with Gasteiger partial charge in [-0.15, -0.1) is 0 Å². The predicted octanol–water partition coefficient (Wildman–Crippen LogP) is 1.41. The van der Waals surface area contributed by atoms with Gasteiger partial charge >= 0.3 is 0 Å². The largest absolute Gasteiger partial charge is 0.354 e. The van der Waals surface area contributed by atoms with Crippen LogP contribution in [0.3, 0.4) is 0 Å². The molecule has 1 aromatic heterocycles. The highest BCUT2D eigenvalue weighted by Gasteiger charge is 2.33. The van der Waals surface area contributed by atoms with Gasteiger partial charge in [0.25, 0.3) is 0 Å². The lowest BCUT2D eigenvalue weighted by molar-refractivity contribution is -0.122. The molecule has 1 saturated heterocycles. The summed E-state index contributed by atoms with van der Waals surface area (Å²) in [5.74, 6) is 0.534. The van der Waals surface area contributed by atoms with Crippen LogP contribution in [0.5, 0.6) is 0 Å². The third-order valence-electron chi connectivity index (χ3n) is 3.01. The monoisotopic (exact) mass is 192 g/mol. The number of aryl methyl sites for hydroxylation is 2. The van der Waals surface area contributed by atoms with Crippen molar-refractivity contribution in [2.75, 3.05) is 6.54 Å². The molecule has 1 aromatic rings. The average Bonchev–Trinajstić information content (AvgIpc) is 2.60. The molecular formula is C11H16N2O. The molecule has 1 aliphatic rings. The summed E-state index contributed by atoms with van der Waals surface area (Å²) in [5.41, 5.74) is 2.33. The first-order valence-corrected chi connectivity index (χ1v) is 5.03. The van der Waals surface area contributed by atoms with E-state index in [0.29, 0.717) is 5.92 Å². The molecule has 3 nitrogen and oxygen atoms in total. The lowest BCUT2D eigenvalue weighted by Crippen LogP contribution is -2.24. The van der Waals surface area contributed by atoms with E-state index in [1.54, 1.807) is 0 Å². The fourth-order valence-electron chi connectivity index (χ4n) is 2.23. The number of amides is 1. The van der Waals surface area contributed by atoms with E-state index in [1.807, 2.05) is 13.8 Å². The van der Waals surface area contributed by atoms with E-state index in [2.05, 4.69) is 28.9 Å². The van der Waals surface area contributed by atoms with Crippen molar-refractivity contribution in [1.29, 1.82) is 0 Å². The summed E-state index contributed by atoms with van der Waals surface area (Å²) < 4.78 is 2.13. The number of hydrogen-bond donors (Lipinski definition) is 1. The zero-order valence-corrected chi connectivity index (χ0v) is 8.87. The number of nitrogens with zero attached hydrogens (tertiary/aromatic N) is 1. The van der Waals surface area contributed by atoms with E-state index in [-0.39, 0.29) is 11.9 Å². The van der Waals surface area contributed by atoms with Crippen molar-refractivity contribution < 1.29 is 4.79 Å². The van der Waals surface area contributed by atoms with Crippen LogP contribution in [0.1, 0.15) is 24.4 Å². The van der Waals surface area contributed by atoms with Gasteiger partial charge in [-0.1, -0.05) is 6.92 Å². The fourth-order valence-corrected chi connectivity index (χ4v) is 2.23. The minimum atomic E-state index is -0.00926. The highest BCUT2D eigenvalue weighted by Crippen LogP contribution is 2.26. The number of rotatable bonds is 1. The smallest absolute Gasteiger partial charge is 0.243 e. The van der Waals surface area contributed by atoms with Crippen molar-refractivity contribution >= 4 is 5.91 Å². The first-order valence-electron chi connectivity index (χ1n) is 5.03. The first-order chi connectivity index (χ1) is 6.61. The minimum absolute atomic E-state index is 0.00926. The number of carbonyl (C=O) groups excluding carboxylic acids is 1. The lowest BCUT2D eigenvalue weighted by Gasteiger charge is -2.18. The van der Waals surface area contributed by atoms with Crippen molar-refractivity contribution in [1.82, 2.24) is 9.88 Å². The average molecular weight is 192 g/mol. The number of hydrogen-bond acceptors (Lipinski definition) is 1. The maximum atomic E-state index is 11.7. The third-order valence-corrected chi connectivity index (χ3v) is 3.01. The molecule has 76 valence electrons. The Bertz CT molecular complexity index is 348. The molecule has 1 N–H and O–H groups in total. The van der Waals surface area contributed by atoms with Crippen LogP contribution in [-0.2, 0) is 4.79 Å². The fraction of sp³-hybridized carbons (Fsp3) is 0.545. The summed E-state index contributed by atoms with van der Waals surface area (Å²) in [4.78, 5) is 11.7. The maximum Gasteiger partial charge on any atom is 0.243 e. The molecule has 0 spiro atoms. The highest BCUT2D eigenvalue weighted by atomic mass is 16.2. The van der Waals surface area contributed by atoms with Crippen LogP contribution in [0.25, 0.3) is 0 Å². The first kappa shape index (κ1) is 9.31. The van der Waals surface area contributed by atoms with Gasteiger partial charge in [0.2, 0.25) is 5.91 Å². The molecule has 0 aliphatic carbocycles. The Kier molecular flexibility index (Phi) is 2.10. The van der Waals surface area contributed by atoms with Gasteiger partial charge in [-0.3, -0.25) is 4.79 Å². The van der Waals surface area contributed by atoms with Gasteiger partial charge in [-0.05, 0) is 26.0 Å². The number of nitrogens with one attached hydrogen (secondary N) is 1. The van der Waals surface area contributed by atoms with Crippen molar-refractivity contribution in [2.45, 2.75) is 26.8 Å². The topological polar surface area (TPSA) is 34.0 Å². The Hall–Kier alpha value is -1.25. The second-order valence-corrected chi connectivity index (χ2v) is 4.15. The maximum absolute atomic E-state index is 11.7. The van der Waals surface area contributed by atoms with Crippen LogP contribution in [0.4, 0.5) is 0 Å². The van der Waals surface area contributed by atoms with E-state index in [4.69, 9.17) is 0 Å². The van der Waals surface area contributed by atoms with Crippen molar-refractivity contribution in [3.8, 4) is 0 Å². The molecule has 0 aromatic carbocycles. The standard InChI is InChI=1S/C11H16N2O/c1-7-6-12-11(14)10(7)13-8(2)4-5-9(13)3/h4-5,7,10H,6H2,1-3H3,(H,12,14)/t7-,10+/m1/s1. The Labute approximate surface area is 84.1 Å². The molecule has 0 saturated carbocycles. The quantitative estimate of drug-likeness (QED) is 0.717. The zero-order valence-electron chi connectivity index (χ0n) is 8.87. The van der Waals surface area contributed by atoms with Gasteiger partial charge in [0.1, 0.15) is 6.04 Å². The molecule has 1 aliphatic heterocycles. The molecule has 2 heterocycles. The van der Waals surface area contributed by atoms with Crippen LogP contribution in [-0.4, -0.2) is 17.0 Å². The van der Waals surface area contributed by atoms with Crippen LogP contribution >= 0.6 is 0 Å².